The van der Waals surface area contributed by atoms with E-state index in [4.69, 9.17) is 19.7 Å². The van der Waals surface area contributed by atoms with Crippen LogP contribution in [-0.4, -0.2) is 17.3 Å². The maximum absolute atomic E-state index is 5.95. The highest BCUT2D eigenvalue weighted by Crippen LogP contribution is 2.38. The summed E-state index contributed by atoms with van der Waals surface area (Å²) in [5.41, 5.74) is 6.87. The summed E-state index contributed by atoms with van der Waals surface area (Å²) >= 11 is 0. The lowest BCUT2D eigenvalue weighted by Crippen LogP contribution is -2.08. The topological polar surface area (TPSA) is 83.4 Å². The van der Waals surface area contributed by atoms with Crippen molar-refractivity contribution in [3.8, 4) is 11.5 Å². The van der Waals surface area contributed by atoms with Gasteiger partial charge in [0.05, 0.1) is 7.11 Å². The van der Waals surface area contributed by atoms with E-state index >= 15 is 0 Å². The molecule has 0 radical (unpaired) electrons. The second kappa shape index (κ2) is 5.73. The molecule has 1 aromatic carbocycles. The first-order valence-corrected chi connectivity index (χ1v) is 7.06. The van der Waals surface area contributed by atoms with Gasteiger partial charge in [-0.15, -0.1) is 0 Å². The highest BCUT2D eigenvalue weighted by atomic mass is 16.5. The fourth-order valence-corrected chi connectivity index (χ4v) is 2.12. The van der Waals surface area contributed by atoms with E-state index in [1.807, 2.05) is 25.1 Å². The molecule has 1 aromatic heterocycles. The lowest BCUT2D eigenvalue weighted by Gasteiger charge is -2.14. The van der Waals surface area contributed by atoms with Gasteiger partial charge in [0.25, 0.3) is 5.89 Å². The van der Waals surface area contributed by atoms with Crippen LogP contribution in [0.4, 0.5) is 0 Å². The van der Waals surface area contributed by atoms with Gasteiger partial charge < -0.3 is 19.7 Å². The quantitative estimate of drug-likeness (QED) is 0.880. The van der Waals surface area contributed by atoms with Gasteiger partial charge in [0, 0.05) is 23.6 Å². The van der Waals surface area contributed by atoms with Gasteiger partial charge in [-0.1, -0.05) is 11.2 Å². The standard InChI is InChI=1S/C15H19N3O3/c1-9(16)12-6-5-11(19-2)7-13(12)20-8-14-17-15(18-21-14)10-3-4-10/h5-7,9-10H,3-4,8,16H2,1-2H3/t9-/m0/s1. The molecule has 1 heterocycles. The van der Waals surface area contributed by atoms with Crippen molar-refractivity contribution in [2.75, 3.05) is 7.11 Å². The van der Waals surface area contributed by atoms with E-state index < -0.39 is 0 Å². The molecule has 0 unspecified atom stereocenters. The molecule has 0 spiro atoms. The smallest absolute Gasteiger partial charge is 0.264 e. The Bertz CT molecular complexity index is 620. The highest BCUT2D eigenvalue weighted by Gasteiger charge is 2.28. The van der Waals surface area contributed by atoms with Crippen LogP contribution in [0.25, 0.3) is 0 Å². The van der Waals surface area contributed by atoms with Crippen LogP contribution in [0.3, 0.4) is 0 Å². The van der Waals surface area contributed by atoms with Crippen molar-refractivity contribution in [2.24, 2.45) is 5.73 Å². The maximum atomic E-state index is 5.95. The summed E-state index contributed by atoms with van der Waals surface area (Å²) in [6.07, 6.45) is 2.29. The van der Waals surface area contributed by atoms with Crippen LogP contribution in [0.5, 0.6) is 11.5 Å². The Kier molecular flexibility index (Phi) is 3.79. The summed E-state index contributed by atoms with van der Waals surface area (Å²) in [4.78, 5) is 4.34. The number of aromatic nitrogens is 2. The predicted octanol–water partition coefficient (Wildman–Crippen LogP) is 2.55. The predicted molar refractivity (Wildman–Crippen MR) is 76.2 cm³/mol. The van der Waals surface area contributed by atoms with E-state index in [0.29, 0.717) is 17.6 Å². The molecule has 0 amide bonds. The van der Waals surface area contributed by atoms with Crippen molar-refractivity contribution in [1.82, 2.24) is 10.1 Å². The van der Waals surface area contributed by atoms with Gasteiger partial charge in [-0.3, -0.25) is 0 Å². The Balaban J connectivity index is 1.73. The van der Waals surface area contributed by atoms with Crippen molar-refractivity contribution < 1.29 is 14.0 Å². The lowest BCUT2D eigenvalue weighted by atomic mass is 10.1. The first kappa shape index (κ1) is 13.9. The zero-order valence-electron chi connectivity index (χ0n) is 12.2. The summed E-state index contributed by atoms with van der Waals surface area (Å²) in [6.45, 7) is 2.14. The number of benzene rings is 1. The Morgan fingerprint density at radius 1 is 1.43 bits per heavy atom. The van der Waals surface area contributed by atoms with Crippen LogP contribution < -0.4 is 15.2 Å². The fraction of sp³-hybridized carbons (Fsp3) is 0.467. The Hall–Kier alpha value is -2.08. The van der Waals surface area contributed by atoms with Crippen LogP contribution in [0, 0.1) is 0 Å². The number of nitrogens with zero attached hydrogens (tertiary/aromatic N) is 2. The molecule has 1 aliphatic carbocycles. The average molecular weight is 289 g/mol. The Morgan fingerprint density at radius 3 is 2.90 bits per heavy atom. The van der Waals surface area contributed by atoms with Gasteiger partial charge in [-0.25, -0.2) is 0 Å². The summed E-state index contributed by atoms with van der Waals surface area (Å²) < 4.78 is 16.2. The molecule has 0 aliphatic heterocycles. The van der Waals surface area contributed by atoms with Crippen LogP contribution in [0.1, 0.15) is 49.0 Å². The minimum Gasteiger partial charge on any atom is -0.497 e. The Morgan fingerprint density at radius 2 is 2.24 bits per heavy atom. The minimum atomic E-state index is -0.129. The molecule has 1 fully saturated rings. The Labute approximate surface area is 123 Å². The molecular formula is C15H19N3O3. The SMILES string of the molecule is COc1ccc([C@H](C)N)c(OCc2nc(C3CC3)no2)c1. The summed E-state index contributed by atoms with van der Waals surface area (Å²) in [6, 6.07) is 5.46. The number of hydrogen-bond acceptors (Lipinski definition) is 6. The first-order chi connectivity index (χ1) is 10.2. The maximum Gasteiger partial charge on any atom is 0.264 e. The largest absolute Gasteiger partial charge is 0.497 e. The molecule has 0 bridgehead atoms. The van der Waals surface area contributed by atoms with Gasteiger partial charge in [0.1, 0.15) is 11.5 Å². The highest BCUT2D eigenvalue weighted by molar-refractivity contribution is 5.42. The fourth-order valence-electron chi connectivity index (χ4n) is 2.12. The van der Waals surface area contributed by atoms with Gasteiger partial charge in [0.2, 0.25) is 0 Å². The first-order valence-electron chi connectivity index (χ1n) is 7.06. The molecule has 1 saturated carbocycles. The molecule has 2 N–H and O–H groups in total. The van der Waals surface area contributed by atoms with Crippen molar-refractivity contribution in [2.45, 2.75) is 38.3 Å². The molecule has 112 valence electrons. The molecule has 1 aliphatic rings. The van der Waals surface area contributed by atoms with Crippen molar-refractivity contribution in [3.63, 3.8) is 0 Å². The molecule has 2 aromatic rings. The van der Waals surface area contributed by atoms with E-state index in [-0.39, 0.29) is 12.6 Å². The van der Waals surface area contributed by atoms with Crippen molar-refractivity contribution in [3.05, 3.63) is 35.5 Å². The van der Waals surface area contributed by atoms with Crippen LogP contribution in [-0.2, 0) is 6.61 Å². The van der Waals surface area contributed by atoms with Crippen LogP contribution in [0.2, 0.25) is 0 Å². The number of rotatable bonds is 6. The van der Waals surface area contributed by atoms with E-state index in [0.717, 1.165) is 30.0 Å². The van der Waals surface area contributed by atoms with Crippen molar-refractivity contribution >= 4 is 0 Å². The number of methoxy groups -OCH3 is 1. The molecule has 3 rings (SSSR count). The summed E-state index contributed by atoms with van der Waals surface area (Å²) in [7, 11) is 1.62. The van der Waals surface area contributed by atoms with Gasteiger partial charge in [0.15, 0.2) is 12.4 Å². The lowest BCUT2D eigenvalue weighted by molar-refractivity contribution is 0.239. The van der Waals surface area contributed by atoms with E-state index in [2.05, 4.69) is 10.1 Å². The minimum absolute atomic E-state index is 0.129. The second-order valence-electron chi connectivity index (χ2n) is 5.30. The molecule has 6 nitrogen and oxygen atoms in total. The number of hydrogen-bond donors (Lipinski definition) is 1. The molecule has 21 heavy (non-hydrogen) atoms. The zero-order valence-corrected chi connectivity index (χ0v) is 12.2. The van der Waals surface area contributed by atoms with Gasteiger partial charge in [-0.05, 0) is 25.8 Å². The molecule has 0 saturated heterocycles. The normalized spacial score (nSPS) is 15.8. The summed E-state index contributed by atoms with van der Waals surface area (Å²) in [5.74, 6) is 3.13. The van der Waals surface area contributed by atoms with E-state index in [1.165, 1.54) is 0 Å². The van der Waals surface area contributed by atoms with Crippen LogP contribution in [0.15, 0.2) is 22.7 Å². The zero-order chi connectivity index (χ0) is 14.8. The van der Waals surface area contributed by atoms with Gasteiger partial charge >= 0.3 is 0 Å². The molecule has 6 heteroatoms. The van der Waals surface area contributed by atoms with Gasteiger partial charge in [-0.2, -0.15) is 4.98 Å². The molecular weight excluding hydrogens is 270 g/mol. The monoisotopic (exact) mass is 289 g/mol. The number of ether oxygens (including phenoxy) is 2. The van der Waals surface area contributed by atoms with Crippen molar-refractivity contribution in [1.29, 1.82) is 0 Å². The third-order valence-corrected chi connectivity index (χ3v) is 3.49. The van der Waals surface area contributed by atoms with E-state index in [1.54, 1.807) is 7.11 Å². The summed E-state index contributed by atoms with van der Waals surface area (Å²) in [5, 5.41) is 3.97. The number of nitrogens with two attached hydrogens (primary N) is 1. The average Bonchev–Trinajstić information content (AvgIpc) is 3.23. The van der Waals surface area contributed by atoms with E-state index in [9.17, 15) is 0 Å². The second-order valence-corrected chi connectivity index (χ2v) is 5.30. The third-order valence-electron chi connectivity index (χ3n) is 3.49. The third kappa shape index (κ3) is 3.16. The van der Waals surface area contributed by atoms with Crippen LogP contribution >= 0.6 is 0 Å². The molecule has 1 atom stereocenters.